The first-order valence-electron chi connectivity index (χ1n) is 5.47. The zero-order valence-electron chi connectivity index (χ0n) is 10.4. The lowest BCUT2D eigenvalue weighted by atomic mass is 10.1. The number of hydrogen-bond donors (Lipinski definition) is 2. The number of pyridine rings is 1. The number of nitrogens with zero attached hydrogens (tertiary/aromatic N) is 3. The fourth-order valence-corrected chi connectivity index (χ4v) is 2.66. The summed E-state index contributed by atoms with van der Waals surface area (Å²) in [5.41, 5.74) is 7.80. The number of hydrogen-bond acceptors (Lipinski definition) is 5. The summed E-state index contributed by atoms with van der Waals surface area (Å²) < 4.78 is 0. The van der Waals surface area contributed by atoms with Gasteiger partial charge in [-0.3, -0.25) is 5.41 Å². The highest BCUT2D eigenvalue weighted by Gasteiger charge is 2.16. The second-order valence-electron chi connectivity index (χ2n) is 3.90. The molecule has 0 spiro atoms. The Kier molecular flexibility index (Phi) is 4.01. The van der Waals surface area contributed by atoms with Gasteiger partial charge in [0.05, 0.1) is 16.3 Å². The van der Waals surface area contributed by atoms with Crippen LogP contribution in [0.4, 0.5) is 0 Å². The molecule has 2 aromatic heterocycles. The van der Waals surface area contributed by atoms with Gasteiger partial charge in [-0.1, -0.05) is 11.6 Å². The molecule has 2 heterocycles. The van der Waals surface area contributed by atoms with Crippen molar-refractivity contribution in [2.75, 3.05) is 0 Å². The molecule has 0 bridgehead atoms. The summed E-state index contributed by atoms with van der Waals surface area (Å²) in [6.07, 6.45) is 1.65. The van der Waals surface area contributed by atoms with Crippen LogP contribution in [0.5, 0.6) is 0 Å². The molecule has 7 heteroatoms. The molecule has 0 fully saturated rings. The van der Waals surface area contributed by atoms with E-state index < -0.39 is 0 Å². The molecule has 0 amide bonds. The van der Waals surface area contributed by atoms with Gasteiger partial charge in [-0.15, -0.1) is 5.10 Å². The van der Waals surface area contributed by atoms with E-state index in [4.69, 9.17) is 22.7 Å². The molecule has 0 aromatic carbocycles. The van der Waals surface area contributed by atoms with Crippen LogP contribution in [0.2, 0.25) is 5.02 Å². The molecule has 2 aromatic rings. The van der Waals surface area contributed by atoms with Crippen molar-refractivity contribution in [1.82, 2.24) is 15.2 Å². The topological polar surface area (TPSA) is 88.5 Å². The highest BCUT2D eigenvalue weighted by Crippen LogP contribution is 2.32. The summed E-state index contributed by atoms with van der Waals surface area (Å²) in [6.45, 7) is 3.70. The van der Waals surface area contributed by atoms with E-state index in [-0.39, 0.29) is 5.84 Å². The standard InChI is InChI=1S/C12H12ClN5S/c1-6-7(2)17-18-12(9(6)10(14)15)19-11-8(13)4-3-5-16-11/h3-5H,1-2H3,(H3,14,15). The third-order valence-electron chi connectivity index (χ3n) is 2.61. The van der Waals surface area contributed by atoms with Gasteiger partial charge in [0.25, 0.3) is 0 Å². The van der Waals surface area contributed by atoms with E-state index in [1.807, 2.05) is 13.8 Å². The number of amidine groups is 1. The number of aryl methyl sites for hydroxylation is 1. The maximum absolute atomic E-state index is 7.68. The Bertz CT molecular complexity index is 644. The van der Waals surface area contributed by atoms with Gasteiger partial charge >= 0.3 is 0 Å². The summed E-state index contributed by atoms with van der Waals surface area (Å²) >= 11 is 7.32. The predicted octanol–water partition coefficient (Wildman–Crippen LogP) is 2.58. The van der Waals surface area contributed by atoms with E-state index in [0.29, 0.717) is 20.6 Å². The van der Waals surface area contributed by atoms with Crippen molar-refractivity contribution in [2.24, 2.45) is 5.73 Å². The molecule has 3 N–H and O–H groups in total. The molecule has 98 valence electrons. The minimum atomic E-state index is -0.0370. The Morgan fingerprint density at radius 2 is 2.05 bits per heavy atom. The molecular formula is C12H12ClN5S. The first-order valence-corrected chi connectivity index (χ1v) is 6.66. The molecule has 19 heavy (non-hydrogen) atoms. The summed E-state index contributed by atoms with van der Waals surface area (Å²) in [7, 11) is 0. The summed E-state index contributed by atoms with van der Waals surface area (Å²) in [4.78, 5) is 4.18. The average molecular weight is 294 g/mol. The molecule has 0 aliphatic carbocycles. The Morgan fingerprint density at radius 1 is 1.32 bits per heavy atom. The lowest BCUT2D eigenvalue weighted by Gasteiger charge is -2.10. The lowest BCUT2D eigenvalue weighted by Crippen LogP contribution is -2.16. The fraction of sp³-hybridized carbons (Fsp3) is 0.167. The Labute approximate surface area is 120 Å². The molecule has 0 unspecified atom stereocenters. The third kappa shape index (κ3) is 2.85. The van der Waals surface area contributed by atoms with E-state index >= 15 is 0 Å². The number of halogens is 1. The van der Waals surface area contributed by atoms with Gasteiger partial charge in [0.1, 0.15) is 15.9 Å². The van der Waals surface area contributed by atoms with Crippen LogP contribution in [0.1, 0.15) is 16.8 Å². The zero-order chi connectivity index (χ0) is 14.0. The third-order valence-corrected chi connectivity index (χ3v) is 4.02. The van der Waals surface area contributed by atoms with E-state index in [9.17, 15) is 0 Å². The fourth-order valence-electron chi connectivity index (χ4n) is 1.51. The molecule has 5 nitrogen and oxygen atoms in total. The van der Waals surface area contributed by atoms with Crippen LogP contribution in [0.15, 0.2) is 28.4 Å². The van der Waals surface area contributed by atoms with Crippen molar-refractivity contribution in [3.8, 4) is 0 Å². The first kappa shape index (κ1) is 13.8. The summed E-state index contributed by atoms with van der Waals surface area (Å²) in [5.74, 6) is -0.0370. The van der Waals surface area contributed by atoms with Gasteiger partial charge in [-0.25, -0.2) is 4.98 Å². The molecule has 0 aliphatic rings. The van der Waals surface area contributed by atoms with Crippen LogP contribution >= 0.6 is 23.4 Å². The maximum Gasteiger partial charge on any atom is 0.136 e. The van der Waals surface area contributed by atoms with Gasteiger partial charge in [-0.05, 0) is 43.3 Å². The van der Waals surface area contributed by atoms with Gasteiger partial charge in [0.2, 0.25) is 0 Å². The van der Waals surface area contributed by atoms with Crippen molar-refractivity contribution in [3.63, 3.8) is 0 Å². The molecule has 0 aliphatic heterocycles. The monoisotopic (exact) mass is 293 g/mol. The van der Waals surface area contributed by atoms with Gasteiger partial charge in [-0.2, -0.15) is 5.10 Å². The van der Waals surface area contributed by atoms with E-state index in [1.165, 1.54) is 11.8 Å². The van der Waals surface area contributed by atoms with Crippen molar-refractivity contribution < 1.29 is 0 Å². The van der Waals surface area contributed by atoms with E-state index in [2.05, 4.69) is 15.2 Å². The maximum atomic E-state index is 7.68. The van der Waals surface area contributed by atoms with Crippen molar-refractivity contribution in [3.05, 3.63) is 40.2 Å². The molecule has 0 radical (unpaired) electrons. The van der Waals surface area contributed by atoms with Crippen LogP contribution in [0, 0.1) is 19.3 Å². The predicted molar refractivity (Wildman–Crippen MR) is 75.9 cm³/mol. The van der Waals surface area contributed by atoms with Crippen LogP contribution < -0.4 is 5.73 Å². The van der Waals surface area contributed by atoms with Crippen molar-refractivity contribution >= 4 is 29.2 Å². The minimum Gasteiger partial charge on any atom is -0.384 e. The van der Waals surface area contributed by atoms with Crippen LogP contribution in [0.3, 0.4) is 0 Å². The van der Waals surface area contributed by atoms with Gasteiger partial charge in [0.15, 0.2) is 0 Å². The quantitative estimate of drug-likeness (QED) is 0.671. The minimum absolute atomic E-state index is 0.0370. The summed E-state index contributed by atoms with van der Waals surface area (Å²) in [6, 6.07) is 3.50. The molecular weight excluding hydrogens is 282 g/mol. The van der Waals surface area contributed by atoms with Crippen LogP contribution in [-0.2, 0) is 0 Å². The largest absolute Gasteiger partial charge is 0.384 e. The Balaban J connectivity index is 2.49. The number of rotatable bonds is 3. The molecule has 2 rings (SSSR count). The molecule has 0 saturated heterocycles. The molecule has 0 atom stereocenters. The van der Waals surface area contributed by atoms with Gasteiger partial charge < -0.3 is 5.73 Å². The van der Waals surface area contributed by atoms with Crippen LogP contribution in [0.25, 0.3) is 0 Å². The number of nitrogens with two attached hydrogens (primary N) is 1. The molecule has 0 saturated carbocycles. The zero-order valence-corrected chi connectivity index (χ0v) is 12.0. The van der Waals surface area contributed by atoms with Crippen molar-refractivity contribution in [1.29, 1.82) is 5.41 Å². The van der Waals surface area contributed by atoms with E-state index in [1.54, 1.807) is 18.3 Å². The SMILES string of the molecule is Cc1nnc(Sc2ncccc2Cl)c(C(=N)N)c1C. The second kappa shape index (κ2) is 5.54. The first-order chi connectivity index (χ1) is 9.00. The van der Waals surface area contributed by atoms with Crippen molar-refractivity contribution in [2.45, 2.75) is 23.9 Å². The second-order valence-corrected chi connectivity index (χ2v) is 5.28. The van der Waals surface area contributed by atoms with Crippen LogP contribution in [-0.4, -0.2) is 21.0 Å². The van der Waals surface area contributed by atoms with Gasteiger partial charge in [0, 0.05) is 6.20 Å². The summed E-state index contributed by atoms with van der Waals surface area (Å²) in [5, 5.41) is 17.5. The normalized spacial score (nSPS) is 10.5. The Hall–Kier alpha value is -1.66. The average Bonchev–Trinajstić information content (AvgIpc) is 2.36. The lowest BCUT2D eigenvalue weighted by molar-refractivity contribution is 0.871. The highest BCUT2D eigenvalue weighted by molar-refractivity contribution is 7.99. The number of nitrogen functional groups attached to an aromatic ring is 1. The highest BCUT2D eigenvalue weighted by atomic mass is 35.5. The smallest absolute Gasteiger partial charge is 0.136 e. The Morgan fingerprint density at radius 3 is 2.68 bits per heavy atom. The van der Waals surface area contributed by atoms with E-state index in [0.717, 1.165) is 11.3 Å². The number of nitrogens with one attached hydrogen (secondary N) is 1. The number of aromatic nitrogens is 3.